The molecule has 4 rings (SSSR count). The van der Waals surface area contributed by atoms with Crippen LogP contribution in [0, 0.1) is 0 Å². The molecule has 0 aromatic heterocycles. The summed E-state index contributed by atoms with van der Waals surface area (Å²) in [5.41, 5.74) is 1.33. The summed E-state index contributed by atoms with van der Waals surface area (Å²) >= 11 is 12.4. The summed E-state index contributed by atoms with van der Waals surface area (Å²) in [6.45, 7) is 10.5. The van der Waals surface area contributed by atoms with Gasteiger partial charge >= 0.3 is 12.1 Å². The van der Waals surface area contributed by atoms with Crippen molar-refractivity contribution in [2.45, 2.75) is 116 Å². The van der Waals surface area contributed by atoms with Gasteiger partial charge in [-0.1, -0.05) is 59.6 Å². The van der Waals surface area contributed by atoms with Gasteiger partial charge in [-0.15, -0.1) is 0 Å². The van der Waals surface area contributed by atoms with E-state index in [1.807, 2.05) is 38.1 Å². The van der Waals surface area contributed by atoms with Gasteiger partial charge in [-0.05, 0) is 96.4 Å². The molecule has 0 saturated carbocycles. The summed E-state index contributed by atoms with van der Waals surface area (Å²) in [5, 5.41) is 3.76. The number of hydrogen-bond acceptors (Lipinski definition) is 8. The number of Topliss-reactive ketones (excluding diaryl/α,β-unsaturated/α-hetero) is 1. The van der Waals surface area contributed by atoms with E-state index in [1.54, 1.807) is 42.7 Å². The Bertz CT molecular complexity index is 1580. The lowest BCUT2D eigenvalue weighted by Crippen LogP contribution is -2.50. The van der Waals surface area contributed by atoms with Crippen LogP contribution < -0.4 is 5.32 Å². The first-order valence-electron chi connectivity index (χ1n) is 18.7. The first-order valence-corrected chi connectivity index (χ1v) is 19.4. The molecule has 2 aliphatic rings. The number of halogens is 2. The molecule has 4 atom stereocenters. The van der Waals surface area contributed by atoms with Crippen LogP contribution in [0.1, 0.15) is 84.3 Å². The number of nitrogens with one attached hydrogen (secondary N) is 1. The minimum atomic E-state index is -0.899. The number of rotatable bonds is 16. The maximum absolute atomic E-state index is 14.6. The van der Waals surface area contributed by atoms with Crippen molar-refractivity contribution in [2.24, 2.45) is 0 Å². The number of benzene rings is 2. The highest BCUT2D eigenvalue weighted by Gasteiger charge is 2.47. The van der Waals surface area contributed by atoms with Crippen LogP contribution in [0.4, 0.5) is 4.79 Å². The lowest BCUT2D eigenvalue weighted by atomic mass is 9.97. The molecule has 2 heterocycles. The van der Waals surface area contributed by atoms with E-state index in [1.165, 1.54) is 5.56 Å². The summed E-state index contributed by atoms with van der Waals surface area (Å²) in [7, 11) is 0. The zero-order chi connectivity index (χ0) is 38.7. The number of ether oxygens (including phenoxy) is 2. The van der Waals surface area contributed by atoms with Crippen LogP contribution in [0.3, 0.4) is 0 Å². The topological polar surface area (TPSA) is 126 Å². The van der Waals surface area contributed by atoms with Crippen LogP contribution in [0.25, 0.3) is 0 Å². The van der Waals surface area contributed by atoms with E-state index in [2.05, 4.69) is 22.3 Å². The lowest BCUT2D eigenvalue weighted by Gasteiger charge is -2.32. The Labute approximate surface area is 323 Å². The van der Waals surface area contributed by atoms with Crippen LogP contribution in [-0.2, 0) is 41.5 Å². The van der Waals surface area contributed by atoms with E-state index < -0.39 is 29.7 Å². The van der Waals surface area contributed by atoms with Crippen LogP contribution in [0.2, 0.25) is 10.0 Å². The van der Waals surface area contributed by atoms with E-state index in [0.717, 1.165) is 18.4 Å². The van der Waals surface area contributed by atoms with Gasteiger partial charge in [-0.3, -0.25) is 24.1 Å². The van der Waals surface area contributed by atoms with Gasteiger partial charge in [0.05, 0.1) is 22.1 Å². The van der Waals surface area contributed by atoms with Crippen molar-refractivity contribution in [2.75, 3.05) is 32.8 Å². The molecule has 2 fully saturated rings. The minimum absolute atomic E-state index is 0.00242. The van der Waals surface area contributed by atoms with Gasteiger partial charge in [0.2, 0.25) is 5.91 Å². The van der Waals surface area contributed by atoms with Gasteiger partial charge in [-0.25, -0.2) is 4.79 Å². The fraction of sp³-hybridized carbons (Fsp3) is 0.575. The highest BCUT2D eigenvalue weighted by atomic mass is 35.5. The number of carbonyl (C=O) groups excluding carboxylic acids is 5. The second kappa shape index (κ2) is 19.6. The number of likely N-dealkylation sites (N-methyl/N-ethyl adjacent to an activating group) is 1. The van der Waals surface area contributed by atoms with E-state index in [4.69, 9.17) is 32.7 Å². The Balaban J connectivity index is 1.56. The second-order valence-corrected chi connectivity index (χ2v) is 15.6. The Morgan fingerprint density at radius 3 is 2.34 bits per heavy atom. The molecule has 1 N–H and O–H groups in total. The summed E-state index contributed by atoms with van der Waals surface area (Å²) < 4.78 is 10.9. The Hall–Kier alpha value is -3.67. The summed E-state index contributed by atoms with van der Waals surface area (Å²) in [4.78, 5) is 72.4. The molecule has 11 nitrogen and oxygen atoms in total. The van der Waals surface area contributed by atoms with Crippen LogP contribution in [-0.4, -0.2) is 107 Å². The molecule has 290 valence electrons. The standard InChI is InChI=1S/C40H54Cl2N4O7/c1-6-44(7-2)36(48)26-52-37(49)20-18-33(35(47)19-15-28-14-17-31(41)32(42)23-28)45-22-21-30(16-13-27-11-9-8-10-12-27)46-25-29(24-34(46)38(45)50)43-39(51)53-40(3,4)5/h8-12,14,17,23,29-30,33-34H,6-7,13,15-16,18-22,24-26H2,1-5H3,(H,43,51)/t29-,30?,33-,34+/m1/s1. The van der Waals surface area contributed by atoms with Crippen LogP contribution in [0.5, 0.6) is 0 Å². The Morgan fingerprint density at radius 1 is 0.962 bits per heavy atom. The molecular weight excluding hydrogens is 719 g/mol. The normalized spacial score (nSPS) is 19.6. The van der Waals surface area contributed by atoms with Gasteiger partial charge in [0, 0.05) is 51.1 Å². The van der Waals surface area contributed by atoms with Crippen molar-refractivity contribution in [3.8, 4) is 0 Å². The minimum Gasteiger partial charge on any atom is -0.456 e. The molecule has 0 bridgehead atoms. The Morgan fingerprint density at radius 2 is 1.68 bits per heavy atom. The van der Waals surface area contributed by atoms with E-state index in [9.17, 15) is 24.0 Å². The molecule has 0 radical (unpaired) electrons. The first kappa shape index (κ1) is 42.1. The molecule has 2 aromatic carbocycles. The average molecular weight is 774 g/mol. The molecule has 1 unspecified atom stereocenters. The quantitative estimate of drug-likeness (QED) is 0.199. The number of alkyl carbamates (subject to hydrolysis) is 1. The first-order chi connectivity index (χ1) is 25.2. The molecule has 0 aliphatic carbocycles. The van der Waals surface area contributed by atoms with Gasteiger partial charge in [0.15, 0.2) is 12.4 Å². The number of ketones is 1. The number of fused-ring (bicyclic) bond motifs is 1. The molecule has 2 aromatic rings. The number of esters is 1. The molecule has 3 amide bonds. The maximum Gasteiger partial charge on any atom is 0.407 e. The zero-order valence-corrected chi connectivity index (χ0v) is 33.1. The largest absolute Gasteiger partial charge is 0.456 e. The third kappa shape index (κ3) is 12.4. The lowest BCUT2D eigenvalue weighted by molar-refractivity contribution is -0.152. The number of aryl methyl sites for hydroxylation is 2. The zero-order valence-electron chi connectivity index (χ0n) is 31.6. The third-order valence-electron chi connectivity index (χ3n) is 9.90. The fourth-order valence-electron chi connectivity index (χ4n) is 7.20. The van der Waals surface area contributed by atoms with Crippen LogP contribution in [0.15, 0.2) is 48.5 Å². The maximum atomic E-state index is 14.6. The van der Waals surface area contributed by atoms with E-state index >= 15 is 0 Å². The van der Waals surface area contributed by atoms with Crippen molar-refractivity contribution in [3.63, 3.8) is 0 Å². The van der Waals surface area contributed by atoms with Gasteiger partial charge in [0.25, 0.3) is 5.91 Å². The van der Waals surface area contributed by atoms with Crippen molar-refractivity contribution in [1.29, 1.82) is 0 Å². The van der Waals surface area contributed by atoms with Gasteiger partial charge < -0.3 is 24.6 Å². The number of nitrogens with zero attached hydrogens (tertiary/aromatic N) is 3. The molecule has 53 heavy (non-hydrogen) atoms. The summed E-state index contributed by atoms with van der Waals surface area (Å²) in [5.74, 6) is -1.30. The molecular formula is C40H54Cl2N4O7. The fourth-order valence-corrected chi connectivity index (χ4v) is 7.52. The SMILES string of the molecule is CCN(CC)C(=O)COC(=O)CC[C@H](C(=O)CCc1ccc(Cl)c(Cl)c1)N1CCC(CCc2ccccc2)N2C[C@H](NC(=O)OC(C)(C)C)C[C@H]2C1=O. The predicted octanol–water partition coefficient (Wildman–Crippen LogP) is 6.26. The smallest absolute Gasteiger partial charge is 0.407 e. The highest BCUT2D eigenvalue weighted by molar-refractivity contribution is 6.42. The monoisotopic (exact) mass is 772 g/mol. The highest BCUT2D eigenvalue weighted by Crippen LogP contribution is 2.32. The summed E-state index contributed by atoms with van der Waals surface area (Å²) in [6.07, 6.45) is 2.38. The van der Waals surface area contributed by atoms with Crippen LogP contribution >= 0.6 is 23.2 Å². The molecule has 2 aliphatic heterocycles. The molecule has 2 saturated heterocycles. The number of carbonyl (C=O) groups is 5. The Kier molecular flexibility index (Phi) is 15.6. The van der Waals surface area contributed by atoms with Crippen molar-refractivity contribution in [3.05, 3.63) is 69.7 Å². The third-order valence-corrected chi connectivity index (χ3v) is 10.6. The van der Waals surface area contributed by atoms with Crippen molar-refractivity contribution in [1.82, 2.24) is 20.0 Å². The van der Waals surface area contributed by atoms with Gasteiger partial charge in [-0.2, -0.15) is 0 Å². The van der Waals surface area contributed by atoms with Gasteiger partial charge in [0.1, 0.15) is 5.60 Å². The number of amides is 3. The molecule has 0 spiro atoms. The van der Waals surface area contributed by atoms with Crippen molar-refractivity contribution >= 4 is 52.9 Å². The number of hydrogen-bond donors (Lipinski definition) is 1. The second-order valence-electron chi connectivity index (χ2n) is 14.8. The summed E-state index contributed by atoms with van der Waals surface area (Å²) in [6, 6.07) is 13.6. The average Bonchev–Trinajstić information content (AvgIpc) is 3.48. The predicted molar refractivity (Wildman–Crippen MR) is 205 cm³/mol. The van der Waals surface area contributed by atoms with Crippen molar-refractivity contribution < 1.29 is 33.4 Å². The van der Waals surface area contributed by atoms with E-state index in [0.29, 0.717) is 55.5 Å². The molecule has 13 heteroatoms. The van der Waals surface area contributed by atoms with E-state index in [-0.39, 0.29) is 55.6 Å².